The average molecular weight is 424 g/mol. The minimum atomic E-state index is -0.500. The number of anilines is 1. The van der Waals surface area contributed by atoms with Crippen LogP contribution in [0.5, 0.6) is 5.88 Å². The molecule has 2 fully saturated rings. The summed E-state index contributed by atoms with van der Waals surface area (Å²) in [5.74, 6) is 1.40. The van der Waals surface area contributed by atoms with Crippen molar-refractivity contribution in [3.05, 3.63) is 16.7 Å². The summed E-state index contributed by atoms with van der Waals surface area (Å²) in [5.41, 5.74) is 0.547. The lowest BCUT2D eigenvalue weighted by atomic mass is 9.93. The standard InChI is InChI=1S/C17H22BrN5O3/c18-11-9-20-23-15(26-17(25)19-8-10-5-6-10)7-14(22-16(11)23)21-12-3-1-2-4-13(12)24/h7,9-10,12-13,24H,1-6,8H2,(H,19,25)(H,21,22)/t12-,13+/m0/s1. The van der Waals surface area contributed by atoms with Crippen molar-refractivity contribution in [2.75, 3.05) is 11.9 Å². The molecular formula is C17H22BrN5O3. The van der Waals surface area contributed by atoms with Gasteiger partial charge in [0.05, 0.1) is 22.8 Å². The molecule has 2 saturated carbocycles. The predicted molar refractivity (Wildman–Crippen MR) is 99.3 cm³/mol. The highest BCUT2D eigenvalue weighted by Crippen LogP contribution is 2.28. The zero-order chi connectivity index (χ0) is 18.1. The SMILES string of the molecule is O=C(NCC1CC1)Oc1cc(N[C@H]2CCCC[C@H]2O)nc2c(Br)cnn12. The summed E-state index contributed by atoms with van der Waals surface area (Å²) < 4.78 is 7.64. The molecule has 4 rings (SSSR count). The number of carbonyl (C=O) groups is 1. The monoisotopic (exact) mass is 423 g/mol. The van der Waals surface area contributed by atoms with E-state index in [-0.39, 0.29) is 11.9 Å². The highest BCUT2D eigenvalue weighted by molar-refractivity contribution is 9.10. The molecule has 0 aliphatic heterocycles. The maximum Gasteiger partial charge on any atom is 0.413 e. The van der Waals surface area contributed by atoms with E-state index in [2.05, 4.69) is 36.6 Å². The summed E-state index contributed by atoms with van der Waals surface area (Å²) in [7, 11) is 0. The molecule has 1 amide bonds. The molecule has 0 spiro atoms. The van der Waals surface area contributed by atoms with Gasteiger partial charge in [-0.15, -0.1) is 0 Å². The van der Waals surface area contributed by atoms with E-state index in [1.54, 1.807) is 12.3 Å². The summed E-state index contributed by atoms with van der Waals surface area (Å²) in [4.78, 5) is 16.6. The molecule has 0 saturated heterocycles. The van der Waals surface area contributed by atoms with Gasteiger partial charge in [0, 0.05) is 12.6 Å². The Balaban J connectivity index is 1.55. The number of hydrogen-bond acceptors (Lipinski definition) is 6. The van der Waals surface area contributed by atoms with Crippen LogP contribution in [0.15, 0.2) is 16.7 Å². The fourth-order valence-corrected chi connectivity index (χ4v) is 3.55. The largest absolute Gasteiger partial charge is 0.413 e. The number of rotatable bonds is 5. The van der Waals surface area contributed by atoms with Crippen LogP contribution in [0, 0.1) is 5.92 Å². The van der Waals surface area contributed by atoms with Gasteiger partial charge < -0.3 is 20.5 Å². The number of hydrogen-bond donors (Lipinski definition) is 3. The van der Waals surface area contributed by atoms with Crippen molar-refractivity contribution in [3.8, 4) is 5.88 Å². The van der Waals surface area contributed by atoms with E-state index in [9.17, 15) is 9.90 Å². The topological polar surface area (TPSA) is 101 Å². The third-order valence-electron chi connectivity index (χ3n) is 4.89. The Morgan fingerprint density at radius 1 is 1.35 bits per heavy atom. The van der Waals surface area contributed by atoms with Crippen LogP contribution >= 0.6 is 15.9 Å². The van der Waals surface area contributed by atoms with Crippen LogP contribution in [0.4, 0.5) is 10.6 Å². The van der Waals surface area contributed by atoms with Gasteiger partial charge in [-0.05, 0) is 47.5 Å². The molecule has 0 aromatic carbocycles. The summed E-state index contributed by atoms with van der Waals surface area (Å²) in [6.07, 6.45) is 6.79. The second kappa shape index (κ2) is 7.40. The van der Waals surface area contributed by atoms with Gasteiger partial charge in [0.2, 0.25) is 5.88 Å². The first-order valence-electron chi connectivity index (χ1n) is 9.05. The fourth-order valence-electron chi connectivity index (χ4n) is 3.21. The molecule has 9 heteroatoms. The number of ether oxygens (including phenoxy) is 1. The predicted octanol–water partition coefficient (Wildman–Crippen LogP) is 2.71. The molecule has 140 valence electrons. The molecule has 2 aliphatic rings. The summed E-state index contributed by atoms with van der Waals surface area (Å²) in [6.45, 7) is 0.634. The highest BCUT2D eigenvalue weighted by atomic mass is 79.9. The number of fused-ring (bicyclic) bond motifs is 1. The lowest BCUT2D eigenvalue weighted by Crippen LogP contribution is -2.36. The van der Waals surface area contributed by atoms with Crippen molar-refractivity contribution in [1.82, 2.24) is 19.9 Å². The number of nitrogens with zero attached hydrogens (tertiary/aromatic N) is 3. The zero-order valence-corrected chi connectivity index (χ0v) is 15.9. The Hall–Kier alpha value is -1.87. The van der Waals surface area contributed by atoms with Crippen LogP contribution in [0.3, 0.4) is 0 Å². The van der Waals surface area contributed by atoms with Crippen LogP contribution in [-0.2, 0) is 0 Å². The third kappa shape index (κ3) is 3.93. The number of halogens is 1. The van der Waals surface area contributed by atoms with Crippen molar-refractivity contribution < 1.29 is 14.6 Å². The lowest BCUT2D eigenvalue weighted by molar-refractivity contribution is 0.116. The molecule has 2 aromatic heterocycles. The van der Waals surface area contributed by atoms with Gasteiger partial charge in [-0.2, -0.15) is 9.61 Å². The van der Waals surface area contributed by atoms with Crippen molar-refractivity contribution in [3.63, 3.8) is 0 Å². The van der Waals surface area contributed by atoms with Crippen molar-refractivity contribution in [2.45, 2.75) is 50.7 Å². The molecular weight excluding hydrogens is 402 g/mol. The number of aromatic nitrogens is 3. The highest BCUT2D eigenvalue weighted by Gasteiger charge is 2.25. The van der Waals surface area contributed by atoms with E-state index in [0.717, 1.165) is 38.5 Å². The number of amides is 1. The van der Waals surface area contributed by atoms with Gasteiger partial charge in [-0.25, -0.2) is 9.78 Å². The van der Waals surface area contributed by atoms with Crippen LogP contribution in [0.25, 0.3) is 5.65 Å². The van der Waals surface area contributed by atoms with Crippen LogP contribution in [0.2, 0.25) is 0 Å². The van der Waals surface area contributed by atoms with E-state index in [1.807, 2.05) is 0 Å². The minimum absolute atomic E-state index is 0.0584. The van der Waals surface area contributed by atoms with Gasteiger partial charge in [0.15, 0.2) is 5.65 Å². The summed E-state index contributed by atoms with van der Waals surface area (Å²) in [5, 5.41) is 20.5. The normalized spacial score (nSPS) is 23.0. The fraction of sp³-hybridized carbons (Fsp3) is 0.588. The van der Waals surface area contributed by atoms with Gasteiger partial charge in [-0.1, -0.05) is 12.8 Å². The molecule has 3 N–H and O–H groups in total. The van der Waals surface area contributed by atoms with Crippen LogP contribution in [0.1, 0.15) is 38.5 Å². The summed E-state index contributed by atoms with van der Waals surface area (Å²) >= 11 is 3.42. The van der Waals surface area contributed by atoms with Gasteiger partial charge in [-0.3, -0.25) is 0 Å². The second-order valence-corrected chi connectivity index (χ2v) is 7.88. The van der Waals surface area contributed by atoms with E-state index in [4.69, 9.17) is 4.74 Å². The van der Waals surface area contributed by atoms with Crippen molar-refractivity contribution in [1.29, 1.82) is 0 Å². The summed E-state index contributed by atoms with van der Waals surface area (Å²) in [6, 6.07) is 1.58. The Kier molecular flexibility index (Phi) is 4.99. The number of nitrogens with one attached hydrogen (secondary N) is 2. The molecule has 26 heavy (non-hydrogen) atoms. The van der Waals surface area contributed by atoms with Crippen LogP contribution in [-0.4, -0.2) is 44.5 Å². The van der Waals surface area contributed by atoms with Gasteiger partial charge in [0.25, 0.3) is 0 Å². The van der Waals surface area contributed by atoms with Crippen LogP contribution < -0.4 is 15.4 Å². The smallest absolute Gasteiger partial charge is 0.391 e. The molecule has 2 atom stereocenters. The Bertz CT molecular complexity index is 807. The van der Waals surface area contributed by atoms with Crippen molar-refractivity contribution >= 4 is 33.5 Å². The second-order valence-electron chi connectivity index (χ2n) is 7.02. The Morgan fingerprint density at radius 3 is 2.92 bits per heavy atom. The number of aliphatic hydroxyl groups excluding tert-OH is 1. The molecule has 0 radical (unpaired) electrons. The molecule has 0 unspecified atom stereocenters. The molecule has 8 nitrogen and oxygen atoms in total. The maximum atomic E-state index is 12.1. The minimum Gasteiger partial charge on any atom is -0.391 e. The number of carbonyl (C=O) groups excluding carboxylic acids is 1. The first-order chi connectivity index (χ1) is 12.6. The van der Waals surface area contributed by atoms with E-state index >= 15 is 0 Å². The van der Waals surface area contributed by atoms with Gasteiger partial charge in [0.1, 0.15) is 5.82 Å². The molecule has 2 aliphatic carbocycles. The zero-order valence-electron chi connectivity index (χ0n) is 14.3. The Morgan fingerprint density at radius 2 is 2.15 bits per heavy atom. The van der Waals surface area contributed by atoms with E-state index < -0.39 is 12.2 Å². The first-order valence-corrected chi connectivity index (χ1v) is 9.84. The average Bonchev–Trinajstić information content (AvgIpc) is 3.38. The quantitative estimate of drug-likeness (QED) is 0.683. The van der Waals surface area contributed by atoms with Gasteiger partial charge >= 0.3 is 6.09 Å². The van der Waals surface area contributed by atoms with E-state index in [0.29, 0.717) is 28.4 Å². The molecule has 2 heterocycles. The maximum absolute atomic E-state index is 12.1. The van der Waals surface area contributed by atoms with E-state index in [1.165, 1.54) is 4.52 Å². The van der Waals surface area contributed by atoms with Crippen molar-refractivity contribution in [2.24, 2.45) is 5.92 Å². The lowest BCUT2D eigenvalue weighted by Gasteiger charge is -2.28. The molecule has 2 aromatic rings. The Labute approximate surface area is 159 Å². The number of aliphatic hydroxyl groups is 1. The first kappa shape index (κ1) is 17.5. The molecule has 0 bridgehead atoms. The third-order valence-corrected chi connectivity index (χ3v) is 5.45.